The number of fused-ring (bicyclic) bond motifs is 2. The summed E-state index contributed by atoms with van der Waals surface area (Å²) in [5.74, 6) is 0.911. The molecule has 0 aliphatic carbocycles. The fraction of sp³-hybridized carbons (Fsp3) is 0.154. The van der Waals surface area contributed by atoms with Gasteiger partial charge in [-0.1, -0.05) is 48.5 Å². The van der Waals surface area contributed by atoms with Crippen LogP contribution >= 0.6 is 0 Å². The lowest BCUT2D eigenvalue weighted by atomic mass is 10.0. The average molecular weight is 409 g/mol. The monoisotopic (exact) mass is 408 g/mol. The fourth-order valence-electron chi connectivity index (χ4n) is 4.29. The lowest BCUT2D eigenvalue weighted by Gasteiger charge is -2.19. The van der Waals surface area contributed by atoms with E-state index in [-0.39, 0.29) is 5.91 Å². The number of rotatable bonds is 4. The summed E-state index contributed by atoms with van der Waals surface area (Å²) < 4.78 is 0. The molecule has 2 heterocycles. The molecule has 0 spiro atoms. The standard InChI is InChI=1S/C26H24N4O/c1-17(31)28-21-9-5-8-19(14-21)20-10-11-24-23(15-20)25(27)22-12-13-30(26(22)29-24)16-18-6-3-2-4-7-18/h2-11,14-15H,12-13,16H2,1H3,(H2,27,29)(H,28,31). The Hall–Kier alpha value is -3.86. The molecule has 0 bridgehead atoms. The van der Waals surface area contributed by atoms with Crippen LogP contribution in [0.3, 0.4) is 0 Å². The minimum atomic E-state index is -0.0836. The van der Waals surface area contributed by atoms with Crippen molar-refractivity contribution in [1.29, 1.82) is 0 Å². The number of aromatic nitrogens is 1. The van der Waals surface area contributed by atoms with Crippen molar-refractivity contribution in [3.63, 3.8) is 0 Å². The number of anilines is 3. The molecule has 1 aliphatic heterocycles. The molecule has 3 N–H and O–H groups in total. The van der Waals surface area contributed by atoms with E-state index in [2.05, 4.69) is 46.6 Å². The quantitative estimate of drug-likeness (QED) is 0.498. The van der Waals surface area contributed by atoms with Crippen LogP contribution in [-0.2, 0) is 17.8 Å². The third-order valence-electron chi connectivity index (χ3n) is 5.77. The fourth-order valence-corrected chi connectivity index (χ4v) is 4.29. The van der Waals surface area contributed by atoms with Gasteiger partial charge in [0.2, 0.25) is 5.91 Å². The first-order valence-electron chi connectivity index (χ1n) is 10.5. The third-order valence-corrected chi connectivity index (χ3v) is 5.77. The maximum atomic E-state index is 11.4. The van der Waals surface area contributed by atoms with Crippen molar-refractivity contribution in [3.8, 4) is 11.1 Å². The zero-order valence-corrected chi connectivity index (χ0v) is 17.4. The molecule has 1 aliphatic rings. The molecule has 1 amide bonds. The van der Waals surface area contributed by atoms with Gasteiger partial charge in [0.1, 0.15) is 5.82 Å². The molecule has 5 rings (SSSR count). The molecule has 0 fully saturated rings. The smallest absolute Gasteiger partial charge is 0.221 e. The van der Waals surface area contributed by atoms with Crippen LogP contribution in [0.2, 0.25) is 0 Å². The molecule has 3 aromatic carbocycles. The van der Waals surface area contributed by atoms with Crippen molar-refractivity contribution in [2.24, 2.45) is 0 Å². The van der Waals surface area contributed by atoms with E-state index in [1.165, 1.54) is 12.5 Å². The van der Waals surface area contributed by atoms with Crippen LogP contribution in [0.25, 0.3) is 22.0 Å². The van der Waals surface area contributed by atoms with Gasteiger partial charge >= 0.3 is 0 Å². The highest BCUT2D eigenvalue weighted by molar-refractivity contribution is 5.98. The van der Waals surface area contributed by atoms with Gasteiger partial charge in [0.15, 0.2) is 0 Å². The Morgan fingerprint density at radius 2 is 1.84 bits per heavy atom. The van der Waals surface area contributed by atoms with Crippen molar-refractivity contribution < 1.29 is 4.79 Å². The van der Waals surface area contributed by atoms with Gasteiger partial charge in [-0.25, -0.2) is 4.98 Å². The molecule has 5 heteroatoms. The number of hydrogen-bond donors (Lipinski definition) is 2. The first-order valence-corrected chi connectivity index (χ1v) is 10.5. The van der Waals surface area contributed by atoms with Gasteiger partial charge in [-0.2, -0.15) is 0 Å². The molecule has 5 nitrogen and oxygen atoms in total. The summed E-state index contributed by atoms with van der Waals surface area (Å²) >= 11 is 0. The number of nitrogens with one attached hydrogen (secondary N) is 1. The second-order valence-electron chi connectivity index (χ2n) is 7.98. The lowest BCUT2D eigenvalue weighted by Crippen LogP contribution is -2.20. The summed E-state index contributed by atoms with van der Waals surface area (Å²) in [5.41, 5.74) is 13.6. The minimum absolute atomic E-state index is 0.0836. The van der Waals surface area contributed by atoms with Crippen molar-refractivity contribution in [2.45, 2.75) is 19.9 Å². The number of nitrogen functional groups attached to an aromatic ring is 1. The summed E-state index contributed by atoms with van der Waals surface area (Å²) in [6, 6.07) is 24.5. The van der Waals surface area contributed by atoms with Crippen molar-refractivity contribution in [1.82, 2.24) is 4.98 Å². The largest absolute Gasteiger partial charge is 0.398 e. The Balaban J connectivity index is 1.52. The van der Waals surface area contributed by atoms with Crippen molar-refractivity contribution in [2.75, 3.05) is 22.5 Å². The van der Waals surface area contributed by atoms with Gasteiger partial charge in [-0.3, -0.25) is 4.79 Å². The molecule has 4 aromatic rings. The van der Waals surface area contributed by atoms with Crippen molar-refractivity contribution >= 4 is 34.0 Å². The van der Waals surface area contributed by atoms with Gasteiger partial charge in [-0.15, -0.1) is 0 Å². The first-order chi connectivity index (χ1) is 15.1. The number of nitrogens with two attached hydrogens (primary N) is 1. The minimum Gasteiger partial charge on any atom is -0.398 e. The first kappa shape index (κ1) is 19.1. The highest BCUT2D eigenvalue weighted by atomic mass is 16.1. The Labute approximate surface area is 181 Å². The SMILES string of the molecule is CC(=O)Nc1cccc(-c2ccc3nc4c(c(N)c3c2)CCN4Cc2ccccc2)c1. The van der Waals surface area contributed by atoms with Crippen LogP contribution < -0.4 is 16.0 Å². The zero-order valence-electron chi connectivity index (χ0n) is 17.4. The van der Waals surface area contributed by atoms with E-state index in [0.29, 0.717) is 0 Å². The number of hydrogen-bond acceptors (Lipinski definition) is 4. The topological polar surface area (TPSA) is 71.2 Å². The van der Waals surface area contributed by atoms with Gasteiger partial charge in [-0.05, 0) is 47.4 Å². The van der Waals surface area contributed by atoms with Crippen LogP contribution in [-0.4, -0.2) is 17.4 Å². The Bertz CT molecular complexity index is 1280. The molecule has 31 heavy (non-hydrogen) atoms. The number of carbonyl (C=O) groups excluding carboxylic acids is 1. The zero-order chi connectivity index (χ0) is 21.4. The van der Waals surface area contributed by atoms with Crippen LogP contribution in [0.15, 0.2) is 72.8 Å². The number of amides is 1. The average Bonchev–Trinajstić information content (AvgIpc) is 3.17. The molecule has 0 saturated heterocycles. The molecule has 154 valence electrons. The van der Waals surface area contributed by atoms with E-state index < -0.39 is 0 Å². The van der Waals surface area contributed by atoms with E-state index in [1.807, 2.05) is 36.4 Å². The van der Waals surface area contributed by atoms with E-state index >= 15 is 0 Å². The summed E-state index contributed by atoms with van der Waals surface area (Å²) in [6.07, 6.45) is 0.902. The predicted octanol–water partition coefficient (Wildman–Crippen LogP) is 5.01. The predicted molar refractivity (Wildman–Crippen MR) is 127 cm³/mol. The summed E-state index contributed by atoms with van der Waals surface area (Å²) in [6.45, 7) is 3.26. The van der Waals surface area contributed by atoms with Gasteiger partial charge in [0.05, 0.1) is 5.52 Å². The van der Waals surface area contributed by atoms with Crippen molar-refractivity contribution in [3.05, 3.63) is 83.9 Å². The van der Waals surface area contributed by atoms with Crippen LogP contribution in [0.1, 0.15) is 18.1 Å². The number of nitrogens with zero attached hydrogens (tertiary/aromatic N) is 2. The summed E-state index contributed by atoms with van der Waals surface area (Å²) in [7, 11) is 0. The Morgan fingerprint density at radius 3 is 2.65 bits per heavy atom. The maximum Gasteiger partial charge on any atom is 0.221 e. The molecular weight excluding hydrogens is 384 g/mol. The third kappa shape index (κ3) is 3.70. The molecule has 1 aromatic heterocycles. The Morgan fingerprint density at radius 1 is 1.03 bits per heavy atom. The number of benzene rings is 3. The van der Waals surface area contributed by atoms with E-state index in [4.69, 9.17) is 10.7 Å². The summed E-state index contributed by atoms with van der Waals surface area (Å²) in [4.78, 5) is 18.7. The van der Waals surface area contributed by atoms with Crippen LogP contribution in [0, 0.1) is 0 Å². The van der Waals surface area contributed by atoms with E-state index in [9.17, 15) is 4.79 Å². The van der Waals surface area contributed by atoms with Gasteiger partial charge in [0.25, 0.3) is 0 Å². The molecule has 0 atom stereocenters. The highest BCUT2D eigenvalue weighted by Gasteiger charge is 2.24. The van der Waals surface area contributed by atoms with E-state index in [0.717, 1.165) is 64.3 Å². The number of pyridine rings is 1. The van der Waals surface area contributed by atoms with Gasteiger partial charge in [0, 0.05) is 42.3 Å². The lowest BCUT2D eigenvalue weighted by molar-refractivity contribution is -0.114. The van der Waals surface area contributed by atoms with Crippen LogP contribution in [0.4, 0.5) is 17.2 Å². The van der Waals surface area contributed by atoms with Gasteiger partial charge < -0.3 is 16.0 Å². The second kappa shape index (κ2) is 7.76. The maximum absolute atomic E-state index is 11.4. The van der Waals surface area contributed by atoms with Crippen LogP contribution in [0.5, 0.6) is 0 Å². The Kier molecular flexibility index (Phi) is 4.79. The summed E-state index contributed by atoms with van der Waals surface area (Å²) in [5, 5.41) is 3.82. The molecular formula is C26H24N4O. The van der Waals surface area contributed by atoms with E-state index in [1.54, 1.807) is 0 Å². The normalized spacial score (nSPS) is 12.7. The highest BCUT2D eigenvalue weighted by Crippen LogP contribution is 2.38. The molecule has 0 radical (unpaired) electrons. The number of carbonyl (C=O) groups is 1. The molecule has 0 unspecified atom stereocenters. The second-order valence-corrected chi connectivity index (χ2v) is 7.98. The molecule has 0 saturated carbocycles.